The fourth-order valence-electron chi connectivity index (χ4n) is 1.71. The highest BCUT2D eigenvalue weighted by atomic mass is 79.9. The maximum absolute atomic E-state index is 8.92. The van der Waals surface area contributed by atoms with Crippen molar-refractivity contribution in [1.29, 1.82) is 5.26 Å². The number of hydrogen-bond acceptors (Lipinski definition) is 5. The second-order valence-corrected chi connectivity index (χ2v) is 5.26. The molecule has 20 heavy (non-hydrogen) atoms. The number of benzene rings is 1. The van der Waals surface area contributed by atoms with Gasteiger partial charge in [0.25, 0.3) is 0 Å². The van der Waals surface area contributed by atoms with Crippen molar-refractivity contribution in [3.63, 3.8) is 0 Å². The Hall–Kier alpha value is -2.13. The van der Waals surface area contributed by atoms with Crippen molar-refractivity contribution in [1.82, 2.24) is 9.97 Å². The molecule has 1 aromatic carbocycles. The highest BCUT2D eigenvalue weighted by Crippen LogP contribution is 2.23. The summed E-state index contributed by atoms with van der Waals surface area (Å²) in [4.78, 5) is 9.95. The van der Waals surface area contributed by atoms with E-state index in [9.17, 15) is 0 Å². The van der Waals surface area contributed by atoms with Crippen LogP contribution >= 0.6 is 15.9 Å². The van der Waals surface area contributed by atoms with Crippen molar-refractivity contribution in [2.45, 2.75) is 13.8 Å². The first-order valence-corrected chi connectivity index (χ1v) is 6.81. The third-order valence-corrected chi connectivity index (χ3v) is 3.64. The van der Waals surface area contributed by atoms with Gasteiger partial charge in [-0.15, -0.1) is 0 Å². The molecule has 0 saturated heterocycles. The lowest BCUT2D eigenvalue weighted by Gasteiger charge is -2.12. The van der Waals surface area contributed by atoms with Crippen LogP contribution in [0.15, 0.2) is 28.7 Å². The predicted octanol–water partition coefficient (Wildman–Crippen LogP) is 3.52. The summed E-state index contributed by atoms with van der Waals surface area (Å²) in [7, 11) is 1.66. The summed E-state index contributed by atoms with van der Waals surface area (Å²) in [6, 6.07) is 7.71. The van der Waals surface area contributed by atoms with Crippen molar-refractivity contribution >= 4 is 33.3 Å². The molecule has 102 valence electrons. The molecule has 0 unspecified atom stereocenters. The zero-order chi connectivity index (χ0) is 14.7. The van der Waals surface area contributed by atoms with Gasteiger partial charge in [-0.2, -0.15) is 5.26 Å². The largest absolute Gasteiger partial charge is 0.340 e. The topological polar surface area (TPSA) is 64.8 Å². The normalized spacial score (nSPS) is 9.95. The minimum atomic E-state index is 0.566. The van der Waals surface area contributed by atoms with Gasteiger partial charge in [-0.3, -0.25) is 4.90 Å². The van der Waals surface area contributed by atoms with E-state index in [0.29, 0.717) is 17.5 Å². The van der Waals surface area contributed by atoms with Gasteiger partial charge in [0.2, 0.25) is 0 Å². The van der Waals surface area contributed by atoms with E-state index in [1.165, 1.54) is 4.90 Å². The third-order valence-electron chi connectivity index (χ3n) is 2.75. The summed E-state index contributed by atoms with van der Waals surface area (Å²) in [5.41, 5.74) is 2.07. The Kier molecular flexibility index (Phi) is 4.20. The van der Waals surface area contributed by atoms with Crippen molar-refractivity contribution in [3.8, 4) is 6.19 Å². The van der Waals surface area contributed by atoms with E-state index in [0.717, 1.165) is 15.7 Å². The first kappa shape index (κ1) is 14.3. The number of nitriles is 1. The summed E-state index contributed by atoms with van der Waals surface area (Å²) < 4.78 is 1.06. The monoisotopic (exact) mass is 331 g/mol. The minimum absolute atomic E-state index is 0.566. The van der Waals surface area contributed by atoms with Gasteiger partial charge in [-0.25, -0.2) is 9.97 Å². The number of rotatable bonds is 3. The van der Waals surface area contributed by atoms with Crippen LogP contribution in [0.5, 0.6) is 0 Å². The number of aryl methyl sites for hydroxylation is 2. The van der Waals surface area contributed by atoms with Gasteiger partial charge >= 0.3 is 0 Å². The van der Waals surface area contributed by atoms with Crippen LogP contribution < -0.4 is 10.2 Å². The number of anilines is 3. The van der Waals surface area contributed by atoms with Crippen molar-refractivity contribution in [2.24, 2.45) is 0 Å². The van der Waals surface area contributed by atoms with Crippen LogP contribution in [0, 0.1) is 25.3 Å². The molecule has 0 atom stereocenters. The zero-order valence-corrected chi connectivity index (χ0v) is 13.1. The van der Waals surface area contributed by atoms with E-state index in [2.05, 4.69) is 31.2 Å². The van der Waals surface area contributed by atoms with E-state index in [1.807, 2.05) is 31.3 Å². The molecule has 0 fully saturated rings. The molecule has 1 N–H and O–H groups in total. The second-order valence-electron chi connectivity index (χ2n) is 4.41. The standard InChI is InChI=1S/C14H14BrN5/c1-9-6-11(4-5-12(9)15)19-13-7-14(20(3)8-16)18-10(2)17-13/h4-7H,1-3H3,(H,17,18,19). The molecule has 0 bridgehead atoms. The minimum Gasteiger partial charge on any atom is -0.340 e. The fourth-order valence-corrected chi connectivity index (χ4v) is 1.96. The number of nitrogens with one attached hydrogen (secondary N) is 1. The molecule has 0 spiro atoms. The van der Waals surface area contributed by atoms with Crippen LogP contribution in [0.2, 0.25) is 0 Å². The van der Waals surface area contributed by atoms with Crippen molar-refractivity contribution in [2.75, 3.05) is 17.3 Å². The maximum Gasteiger partial charge on any atom is 0.185 e. The molecule has 6 heteroatoms. The average molecular weight is 332 g/mol. The Morgan fingerprint density at radius 3 is 2.65 bits per heavy atom. The Labute approximate surface area is 126 Å². The highest BCUT2D eigenvalue weighted by Gasteiger charge is 2.06. The molecule has 0 saturated carbocycles. The molecule has 0 amide bonds. The van der Waals surface area contributed by atoms with Gasteiger partial charge in [-0.1, -0.05) is 15.9 Å². The molecule has 0 aliphatic heterocycles. The molecule has 1 aromatic heterocycles. The fraction of sp³-hybridized carbons (Fsp3) is 0.214. The van der Waals surface area contributed by atoms with Crippen LogP contribution in [0.3, 0.4) is 0 Å². The van der Waals surface area contributed by atoms with E-state index >= 15 is 0 Å². The van der Waals surface area contributed by atoms with Crippen LogP contribution in [-0.2, 0) is 0 Å². The van der Waals surface area contributed by atoms with Gasteiger partial charge in [-0.05, 0) is 37.6 Å². The zero-order valence-electron chi connectivity index (χ0n) is 11.5. The van der Waals surface area contributed by atoms with E-state index in [4.69, 9.17) is 5.26 Å². The summed E-state index contributed by atoms with van der Waals surface area (Å²) >= 11 is 3.47. The van der Waals surface area contributed by atoms with Gasteiger partial charge in [0.05, 0.1) is 0 Å². The number of hydrogen-bond donors (Lipinski definition) is 1. The molecule has 0 aliphatic carbocycles. The average Bonchev–Trinajstić information content (AvgIpc) is 2.41. The van der Waals surface area contributed by atoms with Crippen LogP contribution in [0.4, 0.5) is 17.3 Å². The number of nitrogens with zero attached hydrogens (tertiary/aromatic N) is 4. The summed E-state index contributed by atoms with van der Waals surface area (Å²) in [6.07, 6.45) is 2.03. The van der Waals surface area contributed by atoms with Crippen LogP contribution in [0.1, 0.15) is 11.4 Å². The van der Waals surface area contributed by atoms with E-state index in [1.54, 1.807) is 20.0 Å². The lowest BCUT2D eigenvalue weighted by Crippen LogP contribution is -2.12. The molecule has 5 nitrogen and oxygen atoms in total. The highest BCUT2D eigenvalue weighted by molar-refractivity contribution is 9.10. The summed E-state index contributed by atoms with van der Waals surface area (Å²) in [5.74, 6) is 1.84. The Bertz CT molecular complexity index is 678. The van der Waals surface area contributed by atoms with Gasteiger partial charge in [0.1, 0.15) is 17.5 Å². The molecular weight excluding hydrogens is 318 g/mol. The quantitative estimate of drug-likeness (QED) is 0.688. The number of aromatic nitrogens is 2. The molecule has 1 heterocycles. The van der Waals surface area contributed by atoms with Gasteiger partial charge in [0, 0.05) is 23.3 Å². The Balaban J connectivity index is 2.31. The third kappa shape index (κ3) is 3.25. The van der Waals surface area contributed by atoms with E-state index in [-0.39, 0.29) is 0 Å². The van der Waals surface area contributed by atoms with Gasteiger partial charge in [0.15, 0.2) is 6.19 Å². The van der Waals surface area contributed by atoms with Crippen molar-refractivity contribution < 1.29 is 0 Å². The Morgan fingerprint density at radius 1 is 1.25 bits per heavy atom. The smallest absolute Gasteiger partial charge is 0.185 e. The van der Waals surface area contributed by atoms with Crippen LogP contribution in [0.25, 0.3) is 0 Å². The molecular formula is C14H14BrN5. The molecule has 0 aliphatic rings. The lowest BCUT2D eigenvalue weighted by atomic mass is 10.2. The van der Waals surface area contributed by atoms with Crippen molar-refractivity contribution in [3.05, 3.63) is 40.1 Å². The van der Waals surface area contributed by atoms with Gasteiger partial charge < -0.3 is 5.32 Å². The number of halogens is 1. The summed E-state index contributed by atoms with van der Waals surface area (Å²) in [5, 5.41) is 12.1. The second kappa shape index (κ2) is 5.88. The lowest BCUT2D eigenvalue weighted by molar-refractivity contribution is 1.02. The SMILES string of the molecule is Cc1nc(Nc2ccc(Br)c(C)c2)cc(N(C)C#N)n1. The molecule has 2 rings (SSSR count). The predicted molar refractivity (Wildman–Crippen MR) is 82.9 cm³/mol. The first-order chi connectivity index (χ1) is 9.49. The summed E-state index contributed by atoms with van der Waals surface area (Å²) in [6.45, 7) is 3.82. The molecule has 0 radical (unpaired) electrons. The van der Waals surface area contributed by atoms with Crippen LogP contribution in [-0.4, -0.2) is 17.0 Å². The first-order valence-electron chi connectivity index (χ1n) is 6.02. The maximum atomic E-state index is 8.92. The van der Waals surface area contributed by atoms with E-state index < -0.39 is 0 Å². The Morgan fingerprint density at radius 2 is 2.00 bits per heavy atom. The molecule has 2 aromatic rings.